The van der Waals surface area contributed by atoms with Gasteiger partial charge in [-0.2, -0.15) is 0 Å². The van der Waals surface area contributed by atoms with Crippen LogP contribution in [0.4, 0.5) is 5.69 Å². The van der Waals surface area contributed by atoms with Crippen LogP contribution in [-0.2, 0) is 4.79 Å². The summed E-state index contributed by atoms with van der Waals surface area (Å²) in [5.41, 5.74) is 2.07. The Morgan fingerprint density at radius 1 is 1.39 bits per heavy atom. The average Bonchev–Trinajstić information content (AvgIpc) is 2.50. The Hall–Kier alpha value is -1.39. The monoisotopic (exact) mass is 248 g/mol. The van der Waals surface area contributed by atoms with Gasteiger partial charge in [-0.3, -0.25) is 4.79 Å². The number of nitrogens with zero attached hydrogens (tertiary/aromatic N) is 1. The summed E-state index contributed by atoms with van der Waals surface area (Å²) >= 11 is 0. The number of aliphatic hydroxyl groups is 1. The second-order valence-corrected chi connectivity index (χ2v) is 5.03. The van der Waals surface area contributed by atoms with E-state index in [2.05, 4.69) is 12.2 Å². The minimum Gasteiger partial charge on any atom is -0.394 e. The standard InChI is InChI=1S/C14H20N2O2/c1-10-3-5-12(6-4-10)16-8-11(2)7-15-13(9-17)14(16)18/h3-6,11,13,15,17H,7-9H2,1-2H3. The molecule has 1 amide bonds. The van der Waals surface area contributed by atoms with Gasteiger partial charge < -0.3 is 15.3 Å². The molecule has 1 aliphatic rings. The van der Waals surface area contributed by atoms with Crippen LogP contribution in [0.3, 0.4) is 0 Å². The molecule has 4 nitrogen and oxygen atoms in total. The van der Waals surface area contributed by atoms with Gasteiger partial charge in [0, 0.05) is 18.8 Å². The first kappa shape index (κ1) is 13.1. The number of aliphatic hydroxyl groups excluding tert-OH is 1. The Morgan fingerprint density at radius 2 is 2.06 bits per heavy atom. The lowest BCUT2D eigenvalue weighted by Crippen LogP contribution is -2.45. The van der Waals surface area contributed by atoms with Crippen LogP contribution in [0.25, 0.3) is 0 Å². The lowest BCUT2D eigenvalue weighted by atomic mass is 10.1. The Bertz CT molecular complexity index is 416. The molecule has 4 heteroatoms. The van der Waals surface area contributed by atoms with E-state index < -0.39 is 6.04 Å². The highest BCUT2D eigenvalue weighted by atomic mass is 16.3. The summed E-state index contributed by atoms with van der Waals surface area (Å²) in [4.78, 5) is 14.1. The fourth-order valence-electron chi connectivity index (χ4n) is 2.19. The van der Waals surface area contributed by atoms with Crippen molar-refractivity contribution in [3.05, 3.63) is 29.8 Å². The Kier molecular flexibility index (Phi) is 3.99. The first-order valence-electron chi connectivity index (χ1n) is 6.34. The number of nitrogens with one attached hydrogen (secondary N) is 1. The highest BCUT2D eigenvalue weighted by Gasteiger charge is 2.29. The van der Waals surface area contributed by atoms with Crippen molar-refractivity contribution in [3.8, 4) is 0 Å². The first-order chi connectivity index (χ1) is 8.61. The second-order valence-electron chi connectivity index (χ2n) is 5.03. The number of aryl methyl sites for hydroxylation is 1. The minimum atomic E-state index is -0.490. The molecule has 1 aromatic rings. The predicted molar refractivity (Wildman–Crippen MR) is 71.6 cm³/mol. The molecule has 18 heavy (non-hydrogen) atoms. The smallest absolute Gasteiger partial charge is 0.246 e. The van der Waals surface area contributed by atoms with E-state index in [1.807, 2.05) is 31.2 Å². The summed E-state index contributed by atoms with van der Waals surface area (Å²) in [6.45, 7) is 5.40. The molecule has 98 valence electrons. The summed E-state index contributed by atoms with van der Waals surface area (Å²) in [6.07, 6.45) is 0. The third kappa shape index (κ3) is 2.71. The number of benzene rings is 1. The normalized spacial score (nSPS) is 25.1. The fourth-order valence-corrected chi connectivity index (χ4v) is 2.19. The maximum absolute atomic E-state index is 12.3. The van der Waals surface area contributed by atoms with Crippen molar-refractivity contribution in [2.75, 3.05) is 24.6 Å². The summed E-state index contributed by atoms with van der Waals surface area (Å²) < 4.78 is 0. The van der Waals surface area contributed by atoms with Gasteiger partial charge in [-0.15, -0.1) is 0 Å². The van der Waals surface area contributed by atoms with Gasteiger partial charge in [0.15, 0.2) is 0 Å². The number of anilines is 1. The van der Waals surface area contributed by atoms with Crippen LogP contribution in [-0.4, -0.2) is 36.8 Å². The van der Waals surface area contributed by atoms with Crippen LogP contribution < -0.4 is 10.2 Å². The van der Waals surface area contributed by atoms with Crippen LogP contribution >= 0.6 is 0 Å². The summed E-state index contributed by atoms with van der Waals surface area (Å²) in [7, 11) is 0. The van der Waals surface area contributed by atoms with Crippen LogP contribution in [0.2, 0.25) is 0 Å². The number of hydrogen-bond acceptors (Lipinski definition) is 3. The predicted octanol–water partition coefficient (Wildman–Crippen LogP) is 0.928. The van der Waals surface area contributed by atoms with Crippen molar-refractivity contribution in [2.24, 2.45) is 5.92 Å². The van der Waals surface area contributed by atoms with Gasteiger partial charge in [0.05, 0.1) is 6.61 Å². The fraction of sp³-hybridized carbons (Fsp3) is 0.500. The number of amides is 1. The summed E-state index contributed by atoms with van der Waals surface area (Å²) in [6, 6.07) is 7.43. The van der Waals surface area contributed by atoms with E-state index in [0.29, 0.717) is 12.5 Å². The van der Waals surface area contributed by atoms with Crippen LogP contribution in [0.1, 0.15) is 12.5 Å². The molecule has 1 aliphatic heterocycles. The van der Waals surface area contributed by atoms with Gasteiger partial charge in [0.2, 0.25) is 5.91 Å². The molecular weight excluding hydrogens is 228 g/mol. The average molecular weight is 248 g/mol. The molecule has 0 saturated carbocycles. The summed E-state index contributed by atoms with van der Waals surface area (Å²) in [5.74, 6) is 0.317. The van der Waals surface area contributed by atoms with Gasteiger partial charge in [-0.1, -0.05) is 24.6 Å². The van der Waals surface area contributed by atoms with Crippen LogP contribution in [0, 0.1) is 12.8 Å². The molecule has 2 N–H and O–H groups in total. The van der Waals surface area contributed by atoms with Gasteiger partial charge in [-0.05, 0) is 25.0 Å². The van der Waals surface area contributed by atoms with E-state index in [0.717, 1.165) is 12.2 Å². The van der Waals surface area contributed by atoms with E-state index in [4.69, 9.17) is 0 Å². The second kappa shape index (κ2) is 5.50. The van der Waals surface area contributed by atoms with Gasteiger partial charge in [0.1, 0.15) is 6.04 Å². The number of carbonyl (C=O) groups excluding carboxylic acids is 1. The van der Waals surface area contributed by atoms with E-state index in [1.165, 1.54) is 5.56 Å². The first-order valence-corrected chi connectivity index (χ1v) is 6.34. The molecule has 0 aromatic heterocycles. The molecule has 0 radical (unpaired) electrons. The van der Waals surface area contributed by atoms with Crippen LogP contribution in [0.15, 0.2) is 24.3 Å². The van der Waals surface area contributed by atoms with E-state index in [-0.39, 0.29) is 12.5 Å². The molecule has 2 atom stereocenters. The quantitative estimate of drug-likeness (QED) is 0.818. The third-order valence-corrected chi connectivity index (χ3v) is 3.30. The highest BCUT2D eigenvalue weighted by Crippen LogP contribution is 2.19. The molecule has 0 spiro atoms. The highest BCUT2D eigenvalue weighted by molar-refractivity contribution is 5.97. The largest absolute Gasteiger partial charge is 0.394 e. The summed E-state index contributed by atoms with van der Waals surface area (Å²) in [5, 5.41) is 12.4. The lowest BCUT2D eigenvalue weighted by molar-refractivity contribution is -0.121. The molecule has 2 rings (SSSR count). The van der Waals surface area contributed by atoms with Gasteiger partial charge >= 0.3 is 0 Å². The lowest BCUT2D eigenvalue weighted by Gasteiger charge is -2.24. The maximum Gasteiger partial charge on any atom is 0.246 e. The zero-order valence-corrected chi connectivity index (χ0v) is 10.9. The van der Waals surface area contributed by atoms with E-state index in [1.54, 1.807) is 4.90 Å². The molecule has 0 bridgehead atoms. The SMILES string of the molecule is Cc1ccc(N2CC(C)CNC(CO)C2=O)cc1. The zero-order chi connectivity index (χ0) is 13.1. The molecule has 2 unspecified atom stereocenters. The van der Waals surface area contributed by atoms with Crippen molar-refractivity contribution >= 4 is 11.6 Å². The third-order valence-electron chi connectivity index (χ3n) is 3.30. The van der Waals surface area contributed by atoms with Crippen molar-refractivity contribution in [1.29, 1.82) is 0 Å². The van der Waals surface area contributed by atoms with Crippen LogP contribution in [0.5, 0.6) is 0 Å². The van der Waals surface area contributed by atoms with Crippen molar-refractivity contribution in [1.82, 2.24) is 5.32 Å². The van der Waals surface area contributed by atoms with Crippen molar-refractivity contribution in [3.63, 3.8) is 0 Å². The van der Waals surface area contributed by atoms with E-state index >= 15 is 0 Å². The zero-order valence-electron chi connectivity index (χ0n) is 10.9. The molecule has 0 aliphatic carbocycles. The molecule has 1 saturated heterocycles. The number of rotatable bonds is 2. The van der Waals surface area contributed by atoms with Gasteiger partial charge in [-0.25, -0.2) is 0 Å². The Morgan fingerprint density at radius 3 is 2.67 bits per heavy atom. The molecule has 1 aromatic carbocycles. The number of hydrogen-bond donors (Lipinski definition) is 2. The minimum absolute atomic E-state index is 0.0503. The Balaban J connectivity index is 2.27. The Labute approximate surface area is 108 Å². The number of carbonyl (C=O) groups is 1. The van der Waals surface area contributed by atoms with Crippen molar-refractivity contribution in [2.45, 2.75) is 19.9 Å². The molecule has 1 heterocycles. The maximum atomic E-state index is 12.3. The van der Waals surface area contributed by atoms with Gasteiger partial charge in [0.25, 0.3) is 0 Å². The van der Waals surface area contributed by atoms with Crippen molar-refractivity contribution < 1.29 is 9.90 Å². The van der Waals surface area contributed by atoms with E-state index in [9.17, 15) is 9.90 Å². The molecule has 1 fully saturated rings. The topological polar surface area (TPSA) is 52.6 Å². The molecular formula is C14H20N2O2.